The first-order valence-corrected chi connectivity index (χ1v) is 9.11. The molecule has 0 aromatic carbocycles. The van der Waals surface area contributed by atoms with E-state index in [4.69, 9.17) is 4.74 Å². The normalized spacial score (nSPS) is 19.2. The summed E-state index contributed by atoms with van der Waals surface area (Å²) in [6, 6.07) is 3.73. The van der Waals surface area contributed by atoms with Crippen molar-refractivity contribution in [2.45, 2.75) is 52.3 Å². The monoisotopic (exact) mass is 353 g/mol. The van der Waals surface area contributed by atoms with Gasteiger partial charge in [-0.05, 0) is 45.2 Å². The number of hydrogen-bond acceptors (Lipinski definition) is 5. The lowest BCUT2D eigenvalue weighted by Crippen LogP contribution is -2.42. The number of ether oxygens (including phenoxy) is 1. The van der Waals surface area contributed by atoms with Gasteiger partial charge >= 0.3 is 0 Å². The molecule has 7 heteroatoms. The van der Waals surface area contributed by atoms with Crippen molar-refractivity contribution in [3.05, 3.63) is 47.3 Å². The number of carbonyl (C=O) groups excluding carboxylic acids is 1. The van der Waals surface area contributed by atoms with E-state index in [0.717, 1.165) is 42.2 Å². The maximum Gasteiger partial charge on any atom is 0.250 e. The van der Waals surface area contributed by atoms with E-state index in [-0.39, 0.29) is 11.9 Å². The molecular weight excluding hydrogens is 330 g/mol. The van der Waals surface area contributed by atoms with Crippen LogP contribution in [0.15, 0.2) is 30.0 Å². The van der Waals surface area contributed by atoms with Gasteiger partial charge in [0.2, 0.25) is 5.91 Å². The molecule has 4 rings (SSSR count). The fourth-order valence-corrected chi connectivity index (χ4v) is 3.56. The second-order valence-electron chi connectivity index (χ2n) is 6.85. The number of aromatic nitrogens is 4. The van der Waals surface area contributed by atoms with Crippen molar-refractivity contribution in [3.8, 4) is 5.75 Å². The molecule has 0 saturated carbocycles. The number of pyridine rings is 1. The Kier molecular flexibility index (Phi) is 4.44. The molecular formula is C19H23N5O2. The van der Waals surface area contributed by atoms with Crippen molar-refractivity contribution in [3.63, 3.8) is 0 Å². The lowest BCUT2D eigenvalue weighted by atomic mass is 10.1. The Hall–Kier alpha value is -2.70. The predicted octanol–water partition coefficient (Wildman–Crippen LogP) is 2.57. The molecule has 0 bridgehead atoms. The molecule has 1 amide bonds. The number of aryl methyl sites for hydroxylation is 1. The highest BCUT2D eigenvalue weighted by molar-refractivity contribution is 5.94. The average Bonchev–Trinajstić information content (AvgIpc) is 3.31. The molecule has 0 saturated heterocycles. The molecule has 26 heavy (non-hydrogen) atoms. The van der Waals surface area contributed by atoms with E-state index in [1.807, 2.05) is 30.9 Å². The molecule has 0 unspecified atom stereocenters. The van der Waals surface area contributed by atoms with Crippen LogP contribution in [0.4, 0.5) is 0 Å². The highest BCUT2D eigenvalue weighted by Gasteiger charge is 2.32. The first-order valence-electron chi connectivity index (χ1n) is 9.11. The summed E-state index contributed by atoms with van der Waals surface area (Å²) in [6.07, 6.45) is 6.76. The molecule has 136 valence electrons. The van der Waals surface area contributed by atoms with E-state index in [1.165, 1.54) is 0 Å². The van der Waals surface area contributed by atoms with Gasteiger partial charge < -0.3 is 14.2 Å². The van der Waals surface area contributed by atoms with Crippen molar-refractivity contribution >= 4 is 5.91 Å². The zero-order valence-electron chi connectivity index (χ0n) is 15.2. The average molecular weight is 353 g/mol. The maximum absolute atomic E-state index is 12.7. The van der Waals surface area contributed by atoms with E-state index in [2.05, 4.69) is 25.8 Å². The van der Waals surface area contributed by atoms with Crippen molar-refractivity contribution in [1.82, 2.24) is 24.6 Å². The molecule has 1 aliphatic carbocycles. The second-order valence-corrected chi connectivity index (χ2v) is 6.85. The van der Waals surface area contributed by atoms with Crippen LogP contribution in [0.2, 0.25) is 0 Å². The number of nitrogens with zero attached hydrogens (tertiary/aromatic N) is 5. The van der Waals surface area contributed by atoms with Gasteiger partial charge in [0.15, 0.2) is 11.6 Å². The molecule has 2 aromatic heterocycles. The summed E-state index contributed by atoms with van der Waals surface area (Å²) in [6.45, 7) is 5.65. The van der Waals surface area contributed by atoms with Gasteiger partial charge in [-0.15, -0.1) is 10.2 Å². The Balaban J connectivity index is 1.47. The van der Waals surface area contributed by atoms with Crippen LogP contribution in [0.5, 0.6) is 5.75 Å². The van der Waals surface area contributed by atoms with Gasteiger partial charge in [-0.25, -0.2) is 0 Å². The smallest absolute Gasteiger partial charge is 0.250 e. The third-order valence-electron chi connectivity index (χ3n) is 5.09. The fraction of sp³-hybridized carbons (Fsp3) is 0.474. The summed E-state index contributed by atoms with van der Waals surface area (Å²) in [4.78, 5) is 18.9. The van der Waals surface area contributed by atoms with Gasteiger partial charge in [0.25, 0.3) is 0 Å². The topological polar surface area (TPSA) is 73.1 Å². The lowest BCUT2D eigenvalue weighted by molar-refractivity contribution is -0.130. The zero-order valence-corrected chi connectivity index (χ0v) is 15.2. The van der Waals surface area contributed by atoms with Crippen molar-refractivity contribution in [2.75, 3.05) is 6.54 Å². The van der Waals surface area contributed by atoms with Crippen LogP contribution in [0.1, 0.15) is 49.6 Å². The van der Waals surface area contributed by atoms with Crippen LogP contribution in [0.25, 0.3) is 0 Å². The Morgan fingerprint density at radius 2 is 2.19 bits per heavy atom. The van der Waals surface area contributed by atoms with E-state index >= 15 is 0 Å². The van der Waals surface area contributed by atoms with E-state index in [1.54, 1.807) is 6.20 Å². The van der Waals surface area contributed by atoms with Gasteiger partial charge in [-0.3, -0.25) is 9.78 Å². The summed E-state index contributed by atoms with van der Waals surface area (Å²) in [5.74, 6) is 2.46. The number of rotatable bonds is 4. The van der Waals surface area contributed by atoms with Crippen LogP contribution < -0.4 is 4.74 Å². The molecule has 0 spiro atoms. The van der Waals surface area contributed by atoms with Gasteiger partial charge in [-0.1, -0.05) is 6.08 Å². The first-order chi connectivity index (χ1) is 12.6. The quantitative estimate of drug-likeness (QED) is 0.845. The molecule has 2 aliphatic rings. The maximum atomic E-state index is 12.7. The number of hydrogen-bond donors (Lipinski definition) is 0. The summed E-state index contributed by atoms with van der Waals surface area (Å²) < 4.78 is 7.86. The third kappa shape index (κ3) is 3.09. The molecule has 3 heterocycles. The van der Waals surface area contributed by atoms with Gasteiger partial charge in [0.05, 0.1) is 12.2 Å². The Morgan fingerprint density at radius 1 is 1.31 bits per heavy atom. The van der Waals surface area contributed by atoms with E-state index in [9.17, 15) is 4.79 Å². The minimum Gasteiger partial charge on any atom is -0.484 e. The van der Waals surface area contributed by atoms with Gasteiger partial charge in [-0.2, -0.15) is 0 Å². The minimum atomic E-state index is -0.0833. The Bertz CT molecular complexity index is 840. The van der Waals surface area contributed by atoms with E-state index < -0.39 is 0 Å². The largest absolute Gasteiger partial charge is 0.484 e. The first kappa shape index (κ1) is 16.8. The number of carbonyl (C=O) groups is 1. The minimum absolute atomic E-state index is 0.0833. The fourth-order valence-electron chi connectivity index (χ4n) is 3.56. The third-order valence-corrected chi connectivity index (χ3v) is 5.09. The van der Waals surface area contributed by atoms with E-state index in [0.29, 0.717) is 25.4 Å². The number of fused-ring (bicyclic) bond motifs is 1. The number of allylic oxidation sites excluding steroid dienone is 1. The highest BCUT2D eigenvalue weighted by atomic mass is 16.5. The zero-order chi connectivity index (χ0) is 18.1. The van der Waals surface area contributed by atoms with Crippen LogP contribution in [0.3, 0.4) is 0 Å². The van der Waals surface area contributed by atoms with Crippen LogP contribution in [-0.2, 0) is 17.9 Å². The summed E-state index contributed by atoms with van der Waals surface area (Å²) in [5, 5.41) is 8.61. The molecule has 2 aromatic rings. The summed E-state index contributed by atoms with van der Waals surface area (Å²) >= 11 is 0. The highest BCUT2D eigenvalue weighted by Crippen LogP contribution is 2.29. The lowest BCUT2D eigenvalue weighted by Gasteiger charge is -2.34. The molecule has 0 radical (unpaired) electrons. The molecule has 7 nitrogen and oxygen atoms in total. The molecule has 1 atom stereocenters. The Labute approximate surface area is 152 Å². The molecule has 0 N–H and O–H groups in total. The van der Waals surface area contributed by atoms with Crippen LogP contribution in [0, 0.1) is 6.92 Å². The Morgan fingerprint density at radius 3 is 2.92 bits per heavy atom. The SMILES string of the molecule is Cc1ccc(OCc2nnc3n2CCN(C(=O)C2=CCCC2)[C@@H]3C)cn1. The van der Waals surface area contributed by atoms with Crippen LogP contribution >= 0.6 is 0 Å². The summed E-state index contributed by atoms with van der Waals surface area (Å²) in [7, 11) is 0. The number of amides is 1. The molecule has 0 fully saturated rings. The standard InChI is InChI=1S/C19H23N5O2/c1-13-7-8-16(11-20-13)26-12-17-21-22-18-14(2)23(9-10-24(17)18)19(25)15-5-3-4-6-15/h5,7-8,11,14H,3-4,6,9-10,12H2,1-2H3/t14-/m1/s1. The van der Waals surface area contributed by atoms with Crippen molar-refractivity contribution in [1.29, 1.82) is 0 Å². The van der Waals surface area contributed by atoms with Crippen molar-refractivity contribution in [2.24, 2.45) is 0 Å². The molecule has 1 aliphatic heterocycles. The van der Waals surface area contributed by atoms with Gasteiger partial charge in [0.1, 0.15) is 12.4 Å². The van der Waals surface area contributed by atoms with Crippen LogP contribution in [-0.4, -0.2) is 37.1 Å². The summed E-state index contributed by atoms with van der Waals surface area (Å²) in [5.41, 5.74) is 1.90. The second kappa shape index (κ2) is 6.90. The predicted molar refractivity (Wildman–Crippen MR) is 95.4 cm³/mol. The van der Waals surface area contributed by atoms with Crippen molar-refractivity contribution < 1.29 is 9.53 Å². The van der Waals surface area contributed by atoms with Gasteiger partial charge in [0, 0.05) is 24.4 Å².